The molecule has 1 aromatic carbocycles. The number of halogens is 1. The largest absolute Gasteiger partial charge is 0.497 e. The third-order valence-corrected chi connectivity index (χ3v) is 7.81. The summed E-state index contributed by atoms with van der Waals surface area (Å²) in [5.74, 6) is 1.47. The van der Waals surface area contributed by atoms with Gasteiger partial charge in [0, 0.05) is 51.8 Å². The second-order valence-corrected chi connectivity index (χ2v) is 9.99. The lowest BCUT2D eigenvalue weighted by molar-refractivity contribution is 0.395. The summed E-state index contributed by atoms with van der Waals surface area (Å²) >= 11 is 0. The minimum Gasteiger partial charge on any atom is -0.497 e. The number of aromatic nitrogens is 2. The Labute approximate surface area is 190 Å². The van der Waals surface area contributed by atoms with Crippen LogP contribution in [0.1, 0.15) is 30.9 Å². The van der Waals surface area contributed by atoms with Gasteiger partial charge in [-0.1, -0.05) is 0 Å². The second-order valence-electron chi connectivity index (χ2n) is 8.06. The summed E-state index contributed by atoms with van der Waals surface area (Å²) in [6.07, 6.45) is 2.65. The zero-order valence-electron chi connectivity index (χ0n) is 18.2. The molecule has 170 valence electrons. The average Bonchev–Trinajstić information content (AvgIpc) is 3.46. The van der Waals surface area contributed by atoms with Crippen LogP contribution < -0.4 is 9.64 Å². The first-order valence-electron chi connectivity index (χ1n) is 10.3. The van der Waals surface area contributed by atoms with Crippen LogP contribution >= 0.6 is 12.4 Å². The molecule has 2 saturated heterocycles. The van der Waals surface area contributed by atoms with Crippen molar-refractivity contribution in [3.63, 3.8) is 0 Å². The van der Waals surface area contributed by atoms with E-state index in [-0.39, 0.29) is 18.3 Å². The van der Waals surface area contributed by atoms with E-state index in [2.05, 4.69) is 0 Å². The van der Waals surface area contributed by atoms with Crippen molar-refractivity contribution in [2.75, 3.05) is 52.3 Å². The van der Waals surface area contributed by atoms with Gasteiger partial charge in [0.05, 0.1) is 18.5 Å². The number of methoxy groups -OCH3 is 1. The molecule has 2 aliphatic rings. The van der Waals surface area contributed by atoms with Crippen molar-refractivity contribution in [3.8, 4) is 17.0 Å². The van der Waals surface area contributed by atoms with Gasteiger partial charge in [0.2, 0.25) is 5.95 Å². The Morgan fingerprint density at radius 3 is 2.32 bits per heavy atom. The van der Waals surface area contributed by atoms with Crippen LogP contribution in [0.5, 0.6) is 5.75 Å². The van der Waals surface area contributed by atoms with Crippen molar-refractivity contribution in [3.05, 3.63) is 36.0 Å². The fourth-order valence-corrected chi connectivity index (χ4v) is 5.78. The summed E-state index contributed by atoms with van der Waals surface area (Å²) in [6.45, 7) is 2.25. The Hall–Kier alpha value is -1.94. The van der Waals surface area contributed by atoms with Crippen LogP contribution in [0.15, 0.2) is 30.3 Å². The number of anilines is 1. The minimum atomic E-state index is -3.38. The molecule has 1 aromatic heterocycles. The lowest BCUT2D eigenvalue weighted by atomic mass is 10.0. The average molecular weight is 468 g/mol. The highest BCUT2D eigenvalue weighted by molar-refractivity contribution is 7.86. The molecule has 31 heavy (non-hydrogen) atoms. The van der Waals surface area contributed by atoms with Gasteiger partial charge in [-0.15, -0.1) is 12.4 Å². The van der Waals surface area contributed by atoms with Gasteiger partial charge in [0.25, 0.3) is 10.2 Å². The van der Waals surface area contributed by atoms with E-state index in [1.807, 2.05) is 49.3 Å². The summed E-state index contributed by atoms with van der Waals surface area (Å²) < 4.78 is 34.4. The van der Waals surface area contributed by atoms with Crippen molar-refractivity contribution >= 4 is 28.6 Å². The van der Waals surface area contributed by atoms with Gasteiger partial charge in [-0.05, 0) is 49.6 Å². The lowest BCUT2D eigenvalue weighted by Crippen LogP contribution is -2.41. The minimum absolute atomic E-state index is 0. The molecule has 0 bridgehead atoms. The molecule has 4 rings (SSSR count). The number of nitrogens with zero attached hydrogens (tertiary/aromatic N) is 5. The van der Waals surface area contributed by atoms with Gasteiger partial charge in [-0.2, -0.15) is 17.0 Å². The third-order valence-electron chi connectivity index (χ3n) is 5.81. The SMILES string of the molecule is COc1ccc(-c2cc(C3CCN(S(=O)(=O)N4CCCC4)C3)nc(N(C)C)n2)cc1.Cl. The topological polar surface area (TPSA) is 78.9 Å². The molecule has 10 heteroatoms. The molecule has 3 heterocycles. The summed E-state index contributed by atoms with van der Waals surface area (Å²) in [5.41, 5.74) is 2.69. The molecule has 0 amide bonds. The van der Waals surface area contributed by atoms with Crippen LogP contribution in [0, 0.1) is 0 Å². The molecule has 8 nitrogen and oxygen atoms in total. The van der Waals surface area contributed by atoms with Crippen molar-refractivity contribution < 1.29 is 13.2 Å². The maximum Gasteiger partial charge on any atom is 0.281 e. The lowest BCUT2D eigenvalue weighted by Gasteiger charge is -2.23. The van der Waals surface area contributed by atoms with E-state index in [0.717, 1.165) is 42.0 Å². The highest BCUT2D eigenvalue weighted by Crippen LogP contribution is 2.32. The van der Waals surface area contributed by atoms with Crippen LogP contribution in [0.4, 0.5) is 5.95 Å². The fourth-order valence-electron chi connectivity index (χ4n) is 4.03. The molecule has 0 radical (unpaired) electrons. The van der Waals surface area contributed by atoms with Crippen LogP contribution in [0.3, 0.4) is 0 Å². The Balaban J connectivity index is 0.00000272. The normalized spacial score (nSPS) is 19.9. The Morgan fingerprint density at radius 1 is 1.03 bits per heavy atom. The van der Waals surface area contributed by atoms with E-state index in [1.165, 1.54) is 0 Å². The molecule has 2 aromatic rings. The molecule has 1 unspecified atom stereocenters. The maximum atomic E-state index is 12.9. The molecular formula is C21H30ClN5O3S. The predicted molar refractivity (Wildman–Crippen MR) is 124 cm³/mol. The first-order chi connectivity index (χ1) is 14.4. The van der Waals surface area contributed by atoms with Gasteiger partial charge in [0.1, 0.15) is 5.75 Å². The summed E-state index contributed by atoms with van der Waals surface area (Å²) in [6, 6.07) is 9.76. The Bertz CT molecular complexity index is 995. The van der Waals surface area contributed by atoms with E-state index in [9.17, 15) is 8.42 Å². The van der Waals surface area contributed by atoms with Crippen molar-refractivity contribution in [2.24, 2.45) is 0 Å². The highest BCUT2D eigenvalue weighted by Gasteiger charge is 2.37. The smallest absolute Gasteiger partial charge is 0.281 e. The molecular weight excluding hydrogens is 438 g/mol. The highest BCUT2D eigenvalue weighted by atomic mass is 35.5. The van der Waals surface area contributed by atoms with Crippen LogP contribution in [0.2, 0.25) is 0 Å². The standard InChI is InChI=1S/C21H29N5O3S.ClH/c1-24(2)21-22-19(16-6-8-18(29-3)9-7-16)14-20(23-21)17-10-13-26(15-17)30(27,28)25-11-4-5-12-25;/h6-9,14,17H,4-5,10-13,15H2,1-3H3;1H. The van der Waals surface area contributed by atoms with E-state index in [4.69, 9.17) is 14.7 Å². The molecule has 1 atom stereocenters. The molecule has 2 aliphatic heterocycles. The fraction of sp³-hybridized carbons (Fsp3) is 0.524. The zero-order chi connectivity index (χ0) is 21.3. The van der Waals surface area contributed by atoms with Crippen molar-refractivity contribution in [1.82, 2.24) is 18.6 Å². The predicted octanol–water partition coefficient (Wildman–Crippen LogP) is 2.77. The van der Waals surface area contributed by atoms with Gasteiger partial charge < -0.3 is 9.64 Å². The summed E-state index contributed by atoms with van der Waals surface area (Å²) in [7, 11) is 2.09. The van der Waals surface area contributed by atoms with Gasteiger partial charge in [0.15, 0.2) is 0 Å². The first kappa shape index (κ1) is 23.7. The van der Waals surface area contributed by atoms with Gasteiger partial charge >= 0.3 is 0 Å². The van der Waals surface area contributed by atoms with Crippen LogP contribution in [-0.4, -0.2) is 74.4 Å². The zero-order valence-corrected chi connectivity index (χ0v) is 19.8. The number of hydrogen-bond acceptors (Lipinski definition) is 6. The Kier molecular flexibility index (Phi) is 7.41. The molecule has 0 saturated carbocycles. The monoisotopic (exact) mass is 467 g/mol. The van der Waals surface area contributed by atoms with Crippen LogP contribution in [-0.2, 0) is 10.2 Å². The third kappa shape index (κ3) is 4.95. The number of benzene rings is 1. The maximum absolute atomic E-state index is 12.9. The second kappa shape index (κ2) is 9.68. The molecule has 0 spiro atoms. The molecule has 0 N–H and O–H groups in total. The number of ether oxygens (including phenoxy) is 1. The number of rotatable bonds is 6. The quantitative estimate of drug-likeness (QED) is 0.650. The van der Waals surface area contributed by atoms with E-state index in [1.54, 1.807) is 15.7 Å². The van der Waals surface area contributed by atoms with Crippen molar-refractivity contribution in [1.29, 1.82) is 0 Å². The number of hydrogen-bond donors (Lipinski definition) is 0. The molecule has 2 fully saturated rings. The van der Waals surface area contributed by atoms with Crippen molar-refractivity contribution in [2.45, 2.75) is 25.2 Å². The van der Waals surface area contributed by atoms with E-state index < -0.39 is 10.2 Å². The molecule has 0 aliphatic carbocycles. The summed E-state index contributed by atoms with van der Waals surface area (Å²) in [4.78, 5) is 11.3. The van der Waals surface area contributed by atoms with E-state index >= 15 is 0 Å². The van der Waals surface area contributed by atoms with Gasteiger partial charge in [-0.25, -0.2) is 9.97 Å². The Morgan fingerprint density at radius 2 is 1.71 bits per heavy atom. The first-order valence-corrected chi connectivity index (χ1v) is 11.7. The van der Waals surface area contributed by atoms with Crippen LogP contribution in [0.25, 0.3) is 11.3 Å². The van der Waals surface area contributed by atoms with Gasteiger partial charge in [-0.3, -0.25) is 0 Å². The summed E-state index contributed by atoms with van der Waals surface area (Å²) in [5, 5.41) is 0. The van der Waals surface area contributed by atoms with E-state index in [0.29, 0.717) is 32.1 Å².